The molecular weight excluding hydrogens is 390 g/mol. The molecule has 1 aromatic carbocycles. The summed E-state index contributed by atoms with van der Waals surface area (Å²) < 4.78 is 0. The Morgan fingerprint density at radius 3 is 2.16 bits per heavy atom. The van der Waals surface area contributed by atoms with Crippen molar-refractivity contribution >= 4 is 11.8 Å². The zero-order chi connectivity index (χ0) is 21.8. The number of rotatable bonds is 8. The molecule has 2 aromatic rings. The maximum absolute atomic E-state index is 12.6. The van der Waals surface area contributed by atoms with Crippen molar-refractivity contribution in [3.8, 4) is 0 Å². The smallest absolute Gasteiger partial charge is 0.261 e. The zero-order valence-corrected chi connectivity index (χ0v) is 17.8. The molecule has 31 heavy (non-hydrogen) atoms. The van der Waals surface area contributed by atoms with Crippen molar-refractivity contribution in [3.63, 3.8) is 0 Å². The predicted molar refractivity (Wildman–Crippen MR) is 119 cm³/mol. The largest absolute Gasteiger partial charge is 0.328 e. The molecule has 0 spiro atoms. The molecule has 1 aliphatic carbocycles. The molecule has 1 unspecified atom stereocenters. The first-order chi connectivity index (χ1) is 15.0. The summed E-state index contributed by atoms with van der Waals surface area (Å²) in [7, 11) is 0. The van der Waals surface area contributed by atoms with Crippen LogP contribution in [0, 0.1) is 0 Å². The third-order valence-electron chi connectivity index (χ3n) is 6.32. The minimum Gasteiger partial charge on any atom is -0.328 e. The molecule has 1 fully saturated rings. The lowest BCUT2D eigenvalue weighted by atomic mass is 9.87. The third-order valence-corrected chi connectivity index (χ3v) is 6.32. The van der Waals surface area contributed by atoms with E-state index in [1.807, 2.05) is 24.4 Å². The summed E-state index contributed by atoms with van der Waals surface area (Å²) in [6.07, 6.45) is 6.18. The standard InChI is InChI=1S/C24H31N5O2/c25-17-13-18(26)15-20(14-17)28(16-19-7-3-4-10-27-19)11-5-6-12-29-23(30)21-8-1-2-9-22(21)24(29)31/h1-4,7-10,17-18,20H,5-6,11-16,25-26H2/t17-,18+,20?. The van der Waals surface area contributed by atoms with E-state index in [2.05, 4.69) is 9.88 Å². The number of benzene rings is 1. The van der Waals surface area contributed by atoms with Gasteiger partial charge in [0, 0.05) is 37.4 Å². The van der Waals surface area contributed by atoms with Crippen LogP contribution in [0.2, 0.25) is 0 Å². The van der Waals surface area contributed by atoms with E-state index in [1.54, 1.807) is 24.3 Å². The van der Waals surface area contributed by atoms with Gasteiger partial charge in [-0.2, -0.15) is 0 Å². The maximum atomic E-state index is 12.6. The predicted octanol–water partition coefficient (Wildman–Crippen LogP) is 2.17. The summed E-state index contributed by atoms with van der Waals surface area (Å²) >= 11 is 0. The number of unbranched alkanes of at least 4 members (excludes halogenated alkanes) is 1. The molecule has 2 aliphatic rings. The lowest BCUT2D eigenvalue weighted by Gasteiger charge is -2.39. The zero-order valence-electron chi connectivity index (χ0n) is 17.8. The highest BCUT2D eigenvalue weighted by Crippen LogP contribution is 2.25. The van der Waals surface area contributed by atoms with Gasteiger partial charge in [-0.3, -0.25) is 24.4 Å². The number of aromatic nitrogens is 1. The minimum atomic E-state index is -0.185. The van der Waals surface area contributed by atoms with Crippen molar-refractivity contribution in [3.05, 3.63) is 65.5 Å². The third kappa shape index (κ3) is 5.01. The van der Waals surface area contributed by atoms with Crippen molar-refractivity contribution in [1.82, 2.24) is 14.8 Å². The molecule has 4 N–H and O–H groups in total. The van der Waals surface area contributed by atoms with Crippen LogP contribution in [-0.2, 0) is 6.54 Å². The normalized spacial score (nSPS) is 23.5. The Hall–Kier alpha value is -2.61. The van der Waals surface area contributed by atoms with Gasteiger partial charge in [-0.1, -0.05) is 18.2 Å². The average molecular weight is 422 g/mol. The van der Waals surface area contributed by atoms with Gasteiger partial charge in [-0.05, 0) is 62.9 Å². The number of hydrogen-bond acceptors (Lipinski definition) is 6. The Bertz CT molecular complexity index is 874. The molecule has 0 bridgehead atoms. The topological polar surface area (TPSA) is 106 Å². The van der Waals surface area contributed by atoms with Crippen LogP contribution in [-0.4, -0.2) is 57.8 Å². The fourth-order valence-electron chi connectivity index (χ4n) is 4.79. The van der Waals surface area contributed by atoms with Crippen LogP contribution in [0.15, 0.2) is 48.7 Å². The van der Waals surface area contributed by atoms with Crippen molar-refractivity contribution < 1.29 is 9.59 Å². The number of fused-ring (bicyclic) bond motifs is 1. The summed E-state index contributed by atoms with van der Waals surface area (Å²) in [5.41, 5.74) is 14.5. The van der Waals surface area contributed by atoms with E-state index in [9.17, 15) is 9.59 Å². The number of pyridine rings is 1. The summed E-state index contributed by atoms with van der Waals surface area (Å²) in [6, 6.07) is 13.6. The Morgan fingerprint density at radius 2 is 1.55 bits per heavy atom. The quantitative estimate of drug-likeness (QED) is 0.500. The SMILES string of the molecule is N[C@@H]1CC(N(CCCCN2C(=O)c3ccccc3C2=O)Cc2ccccn2)C[C@H](N)C1. The van der Waals surface area contributed by atoms with Crippen LogP contribution in [0.5, 0.6) is 0 Å². The highest BCUT2D eigenvalue weighted by Gasteiger charge is 2.34. The molecule has 164 valence electrons. The van der Waals surface area contributed by atoms with E-state index >= 15 is 0 Å². The fraction of sp³-hybridized carbons (Fsp3) is 0.458. The number of imide groups is 1. The number of nitrogens with zero attached hydrogens (tertiary/aromatic N) is 3. The van der Waals surface area contributed by atoms with Crippen LogP contribution in [0.3, 0.4) is 0 Å². The number of carbonyl (C=O) groups is 2. The molecule has 4 rings (SSSR count). The Balaban J connectivity index is 1.35. The van der Waals surface area contributed by atoms with Gasteiger partial charge in [0.05, 0.1) is 16.8 Å². The van der Waals surface area contributed by atoms with Crippen LogP contribution in [0.25, 0.3) is 0 Å². The number of hydrogen-bond donors (Lipinski definition) is 2. The van der Waals surface area contributed by atoms with Gasteiger partial charge in [0.1, 0.15) is 0 Å². The van der Waals surface area contributed by atoms with Crippen LogP contribution < -0.4 is 11.5 Å². The van der Waals surface area contributed by atoms with Crippen molar-refractivity contribution in [2.75, 3.05) is 13.1 Å². The molecule has 0 radical (unpaired) electrons. The van der Waals surface area contributed by atoms with Crippen LogP contribution in [0.1, 0.15) is 58.5 Å². The van der Waals surface area contributed by atoms with Crippen LogP contribution in [0.4, 0.5) is 0 Å². The highest BCUT2D eigenvalue weighted by molar-refractivity contribution is 6.21. The Kier molecular flexibility index (Phi) is 6.75. The number of nitrogens with two attached hydrogens (primary N) is 2. The van der Waals surface area contributed by atoms with Gasteiger partial charge in [-0.15, -0.1) is 0 Å². The van der Waals surface area contributed by atoms with E-state index in [0.29, 0.717) is 23.7 Å². The highest BCUT2D eigenvalue weighted by atomic mass is 16.2. The fourth-order valence-corrected chi connectivity index (χ4v) is 4.79. The van der Waals surface area contributed by atoms with Crippen molar-refractivity contribution in [2.45, 2.75) is 56.8 Å². The van der Waals surface area contributed by atoms with Gasteiger partial charge >= 0.3 is 0 Å². The molecular formula is C24H31N5O2. The summed E-state index contributed by atoms with van der Waals surface area (Å²) in [6.45, 7) is 2.04. The molecule has 7 nitrogen and oxygen atoms in total. The molecule has 1 saturated carbocycles. The second-order valence-electron chi connectivity index (χ2n) is 8.69. The first-order valence-corrected chi connectivity index (χ1v) is 11.1. The van der Waals surface area contributed by atoms with E-state index < -0.39 is 0 Å². The first kappa shape index (κ1) is 21.6. The second-order valence-corrected chi connectivity index (χ2v) is 8.69. The lowest BCUT2D eigenvalue weighted by molar-refractivity contribution is 0.0647. The summed E-state index contributed by atoms with van der Waals surface area (Å²) in [4.78, 5) is 33.4. The molecule has 2 heterocycles. The lowest BCUT2D eigenvalue weighted by Crippen LogP contribution is -2.49. The molecule has 1 aliphatic heterocycles. The Labute approximate surface area is 183 Å². The molecule has 3 atom stereocenters. The minimum absolute atomic E-state index is 0.123. The summed E-state index contributed by atoms with van der Waals surface area (Å²) in [5, 5.41) is 0. The maximum Gasteiger partial charge on any atom is 0.261 e. The Morgan fingerprint density at radius 1 is 0.903 bits per heavy atom. The number of amides is 2. The van der Waals surface area contributed by atoms with Crippen molar-refractivity contribution in [2.24, 2.45) is 11.5 Å². The van der Waals surface area contributed by atoms with Gasteiger partial charge < -0.3 is 11.5 Å². The molecule has 7 heteroatoms. The average Bonchev–Trinajstić information content (AvgIpc) is 3.01. The van der Waals surface area contributed by atoms with Gasteiger partial charge in [-0.25, -0.2) is 0 Å². The first-order valence-electron chi connectivity index (χ1n) is 11.1. The molecule has 0 saturated heterocycles. The molecule has 1 aromatic heterocycles. The van der Waals surface area contributed by atoms with E-state index in [0.717, 1.165) is 50.9 Å². The monoisotopic (exact) mass is 421 g/mol. The van der Waals surface area contributed by atoms with E-state index in [4.69, 9.17) is 11.5 Å². The summed E-state index contributed by atoms with van der Waals surface area (Å²) in [5.74, 6) is -0.370. The number of carbonyl (C=O) groups excluding carboxylic acids is 2. The van der Waals surface area contributed by atoms with Gasteiger partial charge in [0.2, 0.25) is 0 Å². The van der Waals surface area contributed by atoms with Crippen LogP contribution >= 0.6 is 0 Å². The van der Waals surface area contributed by atoms with E-state index in [1.165, 1.54) is 4.90 Å². The van der Waals surface area contributed by atoms with Crippen molar-refractivity contribution in [1.29, 1.82) is 0 Å². The second kappa shape index (κ2) is 9.68. The van der Waals surface area contributed by atoms with E-state index in [-0.39, 0.29) is 23.9 Å². The van der Waals surface area contributed by atoms with Gasteiger partial charge in [0.25, 0.3) is 11.8 Å². The molecule has 2 amide bonds. The van der Waals surface area contributed by atoms with Gasteiger partial charge in [0.15, 0.2) is 0 Å².